The van der Waals surface area contributed by atoms with Crippen LogP contribution in [0.4, 0.5) is 0 Å². The monoisotopic (exact) mass is 1060 g/mol. The fourth-order valence-electron chi connectivity index (χ4n) is 9.99. The van der Waals surface area contributed by atoms with Gasteiger partial charge in [-0.1, -0.05) is 274 Å². The summed E-state index contributed by atoms with van der Waals surface area (Å²) in [6.07, 6.45) is 68.8. The molecule has 0 aromatic heterocycles. The van der Waals surface area contributed by atoms with E-state index >= 15 is 0 Å². The van der Waals surface area contributed by atoms with Crippen molar-refractivity contribution in [3.63, 3.8) is 0 Å². The Morgan fingerprint density at radius 1 is 0.453 bits per heavy atom. The maximum Gasteiger partial charge on any atom is 0.220 e. The fraction of sp³-hybridized carbons (Fsp3) is 0.833. The molecule has 1 amide bonds. The van der Waals surface area contributed by atoms with Crippen LogP contribution in [0.25, 0.3) is 0 Å². The van der Waals surface area contributed by atoms with Gasteiger partial charge in [-0.2, -0.15) is 0 Å². The van der Waals surface area contributed by atoms with E-state index in [4.69, 9.17) is 9.47 Å². The lowest BCUT2D eigenvalue weighted by molar-refractivity contribution is -0.302. The van der Waals surface area contributed by atoms with Crippen molar-refractivity contribution in [2.45, 2.75) is 339 Å². The first-order valence-electron chi connectivity index (χ1n) is 32.0. The van der Waals surface area contributed by atoms with Crippen LogP contribution in [0.1, 0.15) is 296 Å². The molecule has 1 fully saturated rings. The quantitative estimate of drug-likeness (QED) is 0.0261. The summed E-state index contributed by atoms with van der Waals surface area (Å²) in [5, 5.41) is 54.6. The number of aliphatic hydroxyl groups is 5. The Kier molecular flexibility index (Phi) is 52.2. The van der Waals surface area contributed by atoms with Crippen molar-refractivity contribution in [3.8, 4) is 0 Å². The van der Waals surface area contributed by atoms with Gasteiger partial charge in [-0.25, -0.2) is 0 Å². The van der Waals surface area contributed by atoms with Crippen LogP contribution in [0, 0.1) is 0 Å². The molecule has 1 aliphatic rings. The van der Waals surface area contributed by atoms with E-state index < -0.39 is 49.5 Å². The van der Waals surface area contributed by atoms with E-state index in [1.807, 2.05) is 6.08 Å². The maximum absolute atomic E-state index is 13.1. The Hall–Kier alpha value is -2.11. The summed E-state index contributed by atoms with van der Waals surface area (Å²) in [6.45, 7) is 3.77. The standard InChI is InChI=1S/C66H121NO8/c1-3-5-7-9-11-13-15-17-19-21-23-24-25-26-27-28-29-30-31-32-33-34-35-36-38-40-42-44-46-48-50-52-54-56-62(70)67-59(58-74-66-65(73)64(72)63(71)61(57-68)75-66)60(69)55-53-51-49-47-45-43-41-39-37-22-20-18-16-14-12-10-8-6-4-2/h15,17,21,23,37,39,45,47,53,55,59-61,63-66,68-69,71-73H,3-14,16,18-20,22,24-36,38,40-44,46,48-52,54,56-58H2,1-2H3,(H,67,70)/b17-15-,23-21-,39-37+,47-45+,55-53+. The van der Waals surface area contributed by atoms with Gasteiger partial charge in [0.25, 0.3) is 0 Å². The first-order valence-corrected chi connectivity index (χ1v) is 32.0. The molecule has 9 nitrogen and oxygen atoms in total. The number of hydrogen-bond donors (Lipinski definition) is 6. The van der Waals surface area contributed by atoms with Crippen molar-refractivity contribution in [2.75, 3.05) is 13.2 Å². The molecule has 438 valence electrons. The number of amides is 1. The summed E-state index contributed by atoms with van der Waals surface area (Å²) in [5.74, 6) is -0.187. The molecule has 75 heavy (non-hydrogen) atoms. The Morgan fingerprint density at radius 2 is 0.800 bits per heavy atom. The lowest BCUT2D eigenvalue weighted by Crippen LogP contribution is -2.60. The van der Waals surface area contributed by atoms with Gasteiger partial charge in [0.15, 0.2) is 6.29 Å². The molecular formula is C66H121NO8. The normalized spacial score (nSPS) is 19.3. The lowest BCUT2D eigenvalue weighted by atomic mass is 9.99. The maximum atomic E-state index is 13.1. The average molecular weight is 1060 g/mol. The molecule has 1 aliphatic heterocycles. The average Bonchev–Trinajstić information content (AvgIpc) is 3.41. The van der Waals surface area contributed by atoms with Crippen LogP contribution in [0.15, 0.2) is 60.8 Å². The number of unbranched alkanes of at least 4 members (excludes halogenated alkanes) is 37. The summed E-state index contributed by atoms with van der Waals surface area (Å²) in [7, 11) is 0. The van der Waals surface area contributed by atoms with Crippen molar-refractivity contribution >= 4 is 5.91 Å². The number of hydrogen-bond acceptors (Lipinski definition) is 8. The molecule has 0 aromatic rings. The molecule has 0 spiro atoms. The molecule has 7 unspecified atom stereocenters. The van der Waals surface area contributed by atoms with Crippen LogP contribution in [-0.2, 0) is 14.3 Å². The Bertz CT molecular complexity index is 1360. The third kappa shape index (κ3) is 44.4. The largest absolute Gasteiger partial charge is 0.394 e. The van der Waals surface area contributed by atoms with Crippen molar-refractivity contribution in [1.82, 2.24) is 5.32 Å². The minimum Gasteiger partial charge on any atom is -0.394 e. The molecule has 7 atom stereocenters. The van der Waals surface area contributed by atoms with Gasteiger partial charge in [-0.3, -0.25) is 4.79 Å². The first kappa shape index (κ1) is 70.9. The zero-order valence-electron chi connectivity index (χ0n) is 48.8. The van der Waals surface area contributed by atoms with Crippen LogP contribution in [0.2, 0.25) is 0 Å². The van der Waals surface area contributed by atoms with Gasteiger partial charge in [0, 0.05) is 6.42 Å². The molecule has 0 aliphatic carbocycles. The summed E-state index contributed by atoms with van der Waals surface area (Å²) >= 11 is 0. The van der Waals surface area contributed by atoms with E-state index in [0.29, 0.717) is 6.42 Å². The predicted molar refractivity (Wildman–Crippen MR) is 318 cm³/mol. The van der Waals surface area contributed by atoms with E-state index in [0.717, 1.165) is 51.4 Å². The summed E-state index contributed by atoms with van der Waals surface area (Å²) in [4.78, 5) is 13.1. The number of carbonyl (C=O) groups excluding carboxylic acids is 1. The zero-order chi connectivity index (χ0) is 54.3. The Balaban J connectivity index is 2.15. The van der Waals surface area contributed by atoms with Crippen molar-refractivity contribution < 1.29 is 39.8 Å². The van der Waals surface area contributed by atoms with Crippen LogP contribution in [0.5, 0.6) is 0 Å². The van der Waals surface area contributed by atoms with E-state index in [-0.39, 0.29) is 12.5 Å². The molecule has 0 bridgehead atoms. The topological polar surface area (TPSA) is 149 Å². The third-order valence-electron chi connectivity index (χ3n) is 15.0. The highest BCUT2D eigenvalue weighted by Gasteiger charge is 2.44. The number of nitrogens with one attached hydrogen (secondary N) is 1. The van der Waals surface area contributed by atoms with Crippen molar-refractivity contribution in [1.29, 1.82) is 0 Å². The van der Waals surface area contributed by atoms with E-state index in [2.05, 4.69) is 67.8 Å². The van der Waals surface area contributed by atoms with Gasteiger partial charge in [0.2, 0.25) is 5.91 Å². The lowest BCUT2D eigenvalue weighted by Gasteiger charge is -2.40. The molecule has 1 heterocycles. The van der Waals surface area contributed by atoms with Gasteiger partial charge in [0.1, 0.15) is 24.4 Å². The second-order valence-electron chi connectivity index (χ2n) is 22.2. The van der Waals surface area contributed by atoms with E-state index in [1.165, 1.54) is 225 Å². The summed E-state index contributed by atoms with van der Waals surface area (Å²) < 4.78 is 11.3. The second-order valence-corrected chi connectivity index (χ2v) is 22.2. The van der Waals surface area contributed by atoms with E-state index in [1.54, 1.807) is 6.08 Å². The molecular weight excluding hydrogens is 935 g/mol. The Morgan fingerprint density at radius 3 is 1.20 bits per heavy atom. The van der Waals surface area contributed by atoms with Gasteiger partial charge in [-0.15, -0.1) is 0 Å². The Labute approximate surface area is 462 Å². The summed E-state index contributed by atoms with van der Waals surface area (Å²) in [6, 6.07) is -0.829. The van der Waals surface area contributed by atoms with Crippen LogP contribution < -0.4 is 5.32 Å². The highest BCUT2D eigenvalue weighted by atomic mass is 16.7. The predicted octanol–water partition coefficient (Wildman–Crippen LogP) is 16.6. The van der Waals surface area contributed by atoms with E-state index in [9.17, 15) is 30.3 Å². The number of carbonyl (C=O) groups is 1. The van der Waals surface area contributed by atoms with Crippen LogP contribution in [0.3, 0.4) is 0 Å². The number of allylic oxidation sites excluding steroid dienone is 9. The fourth-order valence-corrected chi connectivity index (χ4v) is 9.99. The molecule has 9 heteroatoms. The highest BCUT2D eigenvalue weighted by molar-refractivity contribution is 5.76. The van der Waals surface area contributed by atoms with Gasteiger partial charge < -0.3 is 40.3 Å². The molecule has 0 saturated carbocycles. The molecule has 1 saturated heterocycles. The van der Waals surface area contributed by atoms with Crippen molar-refractivity contribution in [3.05, 3.63) is 60.8 Å². The number of ether oxygens (including phenoxy) is 2. The van der Waals surface area contributed by atoms with Gasteiger partial charge in [0.05, 0.1) is 25.4 Å². The van der Waals surface area contributed by atoms with Gasteiger partial charge >= 0.3 is 0 Å². The molecule has 6 N–H and O–H groups in total. The van der Waals surface area contributed by atoms with Gasteiger partial charge in [-0.05, 0) is 77.0 Å². The van der Waals surface area contributed by atoms with Crippen molar-refractivity contribution in [2.24, 2.45) is 0 Å². The summed E-state index contributed by atoms with van der Waals surface area (Å²) in [5.41, 5.74) is 0. The smallest absolute Gasteiger partial charge is 0.220 e. The number of aliphatic hydroxyl groups excluding tert-OH is 5. The van der Waals surface area contributed by atoms with Crippen LogP contribution >= 0.6 is 0 Å². The SMILES string of the molecule is CCCCCCC/C=C\C/C=C\CCCCCCCCCCCCCCCCCCCCCCCC(=O)NC(COC1OC(CO)C(O)C(O)C1O)C(O)/C=C/CC/C=C/CC/C=C/CCCCCCCCCCC. The zero-order valence-corrected chi connectivity index (χ0v) is 48.8. The minimum absolute atomic E-state index is 0.187. The number of rotatable bonds is 55. The third-order valence-corrected chi connectivity index (χ3v) is 15.0. The van der Waals surface area contributed by atoms with Crippen LogP contribution in [-0.4, -0.2) is 87.5 Å². The highest BCUT2D eigenvalue weighted by Crippen LogP contribution is 2.23. The second kappa shape index (κ2) is 55.2. The molecule has 0 radical (unpaired) electrons. The molecule has 1 rings (SSSR count). The first-order chi connectivity index (χ1) is 36.8. The molecule has 0 aromatic carbocycles. The minimum atomic E-state index is -1.58.